The van der Waals surface area contributed by atoms with Gasteiger partial charge in [-0.15, -0.1) is 0 Å². The predicted molar refractivity (Wildman–Crippen MR) is 56.0 cm³/mol. The van der Waals surface area contributed by atoms with Gasteiger partial charge in [-0.05, 0) is 17.7 Å². The van der Waals surface area contributed by atoms with Crippen molar-refractivity contribution >= 4 is 11.0 Å². The second-order valence-corrected chi connectivity index (χ2v) is 3.42. The minimum atomic E-state index is 0.0774. The van der Waals surface area contributed by atoms with Crippen molar-refractivity contribution in [3.05, 3.63) is 29.6 Å². The summed E-state index contributed by atoms with van der Waals surface area (Å²) >= 11 is 0. The van der Waals surface area contributed by atoms with E-state index in [1.807, 2.05) is 25.2 Å². The summed E-state index contributed by atoms with van der Waals surface area (Å²) in [6.45, 7) is 2.17. The van der Waals surface area contributed by atoms with E-state index in [2.05, 4.69) is 16.5 Å². The predicted octanol–water partition coefficient (Wildman–Crippen LogP) is 1.63. The summed E-state index contributed by atoms with van der Waals surface area (Å²) in [6.07, 6.45) is 0.930. The van der Waals surface area contributed by atoms with Crippen molar-refractivity contribution in [3.8, 4) is 0 Å². The zero-order valence-electron chi connectivity index (χ0n) is 8.49. The van der Waals surface area contributed by atoms with Gasteiger partial charge in [-0.2, -0.15) is 0 Å². The van der Waals surface area contributed by atoms with Gasteiger partial charge in [-0.1, -0.05) is 13.0 Å². The molecule has 3 nitrogen and oxygen atoms in total. The van der Waals surface area contributed by atoms with E-state index in [1.165, 1.54) is 0 Å². The molecule has 0 aliphatic carbocycles. The Bertz CT molecular complexity index is 460. The van der Waals surface area contributed by atoms with Crippen LogP contribution in [-0.4, -0.2) is 14.7 Å². The molecule has 3 heteroatoms. The lowest BCUT2D eigenvalue weighted by Gasteiger charge is -1.98. The number of benzene rings is 1. The fraction of sp³-hybridized carbons (Fsp3) is 0.364. The summed E-state index contributed by atoms with van der Waals surface area (Å²) in [5.74, 6) is 1.08. The van der Waals surface area contributed by atoms with Crippen LogP contribution in [0.2, 0.25) is 0 Å². The average molecular weight is 190 g/mol. The first-order chi connectivity index (χ1) is 6.76. The standard InChI is InChI=1S/C11H14N2O/c1-3-11-12-9-6-8(7-14)4-5-10(9)13(11)2/h4-6,14H,3,7H2,1-2H3. The van der Waals surface area contributed by atoms with E-state index in [0.717, 1.165) is 28.8 Å². The maximum Gasteiger partial charge on any atom is 0.109 e. The number of aliphatic hydroxyl groups excluding tert-OH is 1. The van der Waals surface area contributed by atoms with Crippen LogP contribution in [0.4, 0.5) is 0 Å². The lowest BCUT2D eigenvalue weighted by molar-refractivity contribution is 0.282. The van der Waals surface area contributed by atoms with Crippen LogP contribution >= 0.6 is 0 Å². The van der Waals surface area contributed by atoms with Crippen molar-refractivity contribution in [2.45, 2.75) is 20.0 Å². The van der Waals surface area contributed by atoms with Crippen molar-refractivity contribution in [2.24, 2.45) is 7.05 Å². The molecule has 1 aromatic heterocycles. The minimum Gasteiger partial charge on any atom is -0.392 e. The second-order valence-electron chi connectivity index (χ2n) is 3.42. The molecule has 0 aliphatic rings. The Morgan fingerprint density at radius 2 is 2.21 bits per heavy atom. The van der Waals surface area contributed by atoms with Crippen LogP contribution in [0.15, 0.2) is 18.2 Å². The Morgan fingerprint density at radius 3 is 2.86 bits per heavy atom. The van der Waals surface area contributed by atoms with Crippen LogP contribution in [0.5, 0.6) is 0 Å². The summed E-state index contributed by atoms with van der Waals surface area (Å²) in [7, 11) is 2.02. The first-order valence-corrected chi connectivity index (χ1v) is 4.81. The zero-order valence-corrected chi connectivity index (χ0v) is 8.49. The molecule has 0 amide bonds. The summed E-state index contributed by atoms with van der Waals surface area (Å²) < 4.78 is 2.09. The number of aliphatic hydroxyl groups is 1. The fourth-order valence-electron chi connectivity index (χ4n) is 1.71. The Labute approximate surface area is 83.0 Å². The number of imidazole rings is 1. The van der Waals surface area contributed by atoms with Crippen LogP contribution in [0.3, 0.4) is 0 Å². The van der Waals surface area contributed by atoms with E-state index < -0.39 is 0 Å². The number of rotatable bonds is 2. The summed E-state index contributed by atoms with van der Waals surface area (Å²) in [5, 5.41) is 9.00. The summed E-state index contributed by atoms with van der Waals surface area (Å²) in [4.78, 5) is 4.49. The molecule has 0 bridgehead atoms. The van der Waals surface area contributed by atoms with Gasteiger partial charge in [0.25, 0.3) is 0 Å². The van der Waals surface area contributed by atoms with Gasteiger partial charge in [0.2, 0.25) is 0 Å². The number of aromatic nitrogens is 2. The topological polar surface area (TPSA) is 38.1 Å². The van der Waals surface area contributed by atoms with Crippen LogP contribution in [-0.2, 0) is 20.1 Å². The normalized spacial score (nSPS) is 11.1. The smallest absolute Gasteiger partial charge is 0.109 e. The molecule has 0 spiro atoms. The molecule has 2 rings (SSSR count). The van der Waals surface area contributed by atoms with Gasteiger partial charge in [0.15, 0.2) is 0 Å². The quantitative estimate of drug-likeness (QED) is 0.781. The molecule has 0 fully saturated rings. The second kappa shape index (κ2) is 3.42. The lowest BCUT2D eigenvalue weighted by atomic mass is 10.2. The van der Waals surface area contributed by atoms with E-state index in [1.54, 1.807) is 0 Å². The van der Waals surface area contributed by atoms with E-state index in [-0.39, 0.29) is 6.61 Å². The highest BCUT2D eigenvalue weighted by molar-refractivity contribution is 5.76. The third-order valence-electron chi connectivity index (χ3n) is 2.54. The van der Waals surface area contributed by atoms with Gasteiger partial charge in [-0.3, -0.25) is 0 Å². The highest BCUT2D eigenvalue weighted by atomic mass is 16.3. The van der Waals surface area contributed by atoms with Crippen LogP contribution in [0.1, 0.15) is 18.3 Å². The average Bonchev–Trinajstić information content (AvgIpc) is 2.55. The monoisotopic (exact) mass is 190 g/mol. The molecular formula is C11H14N2O. The van der Waals surface area contributed by atoms with Crippen molar-refractivity contribution < 1.29 is 5.11 Å². The summed E-state index contributed by atoms with van der Waals surface area (Å²) in [5.41, 5.74) is 3.01. The van der Waals surface area contributed by atoms with E-state index in [4.69, 9.17) is 5.11 Å². The van der Waals surface area contributed by atoms with Crippen molar-refractivity contribution in [2.75, 3.05) is 0 Å². The molecule has 0 saturated carbocycles. The van der Waals surface area contributed by atoms with Crippen molar-refractivity contribution in [1.29, 1.82) is 0 Å². The van der Waals surface area contributed by atoms with Crippen molar-refractivity contribution in [1.82, 2.24) is 9.55 Å². The molecule has 0 radical (unpaired) electrons. The fourth-order valence-corrected chi connectivity index (χ4v) is 1.71. The van der Waals surface area contributed by atoms with Gasteiger partial charge in [0, 0.05) is 13.5 Å². The molecule has 1 aromatic carbocycles. The van der Waals surface area contributed by atoms with Crippen LogP contribution < -0.4 is 0 Å². The van der Waals surface area contributed by atoms with E-state index in [0.29, 0.717) is 0 Å². The number of aryl methyl sites for hydroxylation is 2. The molecule has 14 heavy (non-hydrogen) atoms. The Morgan fingerprint density at radius 1 is 1.43 bits per heavy atom. The maximum absolute atomic E-state index is 9.00. The number of hydrogen-bond donors (Lipinski definition) is 1. The van der Waals surface area contributed by atoms with Crippen molar-refractivity contribution in [3.63, 3.8) is 0 Å². The number of hydrogen-bond acceptors (Lipinski definition) is 2. The lowest BCUT2D eigenvalue weighted by Crippen LogP contribution is -1.94. The van der Waals surface area contributed by atoms with E-state index in [9.17, 15) is 0 Å². The summed E-state index contributed by atoms with van der Waals surface area (Å²) in [6, 6.07) is 5.88. The molecule has 2 aromatic rings. The first kappa shape index (κ1) is 9.21. The number of fused-ring (bicyclic) bond motifs is 1. The SMILES string of the molecule is CCc1nc2cc(CO)ccc2n1C. The molecule has 0 unspecified atom stereocenters. The minimum absolute atomic E-state index is 0.0774. The third kappa shape index (κ3) is 1.30. The van der Waals surface area contributed by atoms with Gasteiger partial charge >= 0.3 is 0 Å². The van der Waals surface area contributed by atoms with E-state index >= 15 is 0 Å². The van der Waals surface area contributed by atoms with Gasteiger partial charge < -0.3 is 9.67 Å². The Hall–Kier alpha value is -1.35. The highest BCUT2D eigenvalue weighted by Gasteiger charge is 2.05. The molecule has 1 heterocycles. The molecule has 74 valence electrons. The zero-order chi connectivity index (χ0) is 10.1. The molecule has 0 atom stereocenters. The van der Waals surface area contributed by atoms with Crippen LogP contribution in [0, 0.1) is 0 Å². The Kier molecular flexibility index (Phi) is 2.25. The molecule has 0 saturated heterocycles. The van der Waals surface area contributed by atoms with Gasteiger partial charge in [0.1, 0.15) is 5.82 Å². The molecule has 1 N–H and O–H groups in total. The number of nitrogens with zero attached hydrogens (tertiary/aromatic N) is 2. The van der Waals surface area contributed by atoms with Gasteiger partial charge in [0.05, 0.1) is 17.6 Å². The molecular weight excluding hydrogens is 176 g/mol. The van der Waals surface area contributed by atoms with Crippen LogP contribution in [0.25, 0.3) is 11.0 Å². The molecule has 0 aliphatic heterocycles. The van der Waals surface area contributed by atoms with Gasteiger partial charge in [-0.25, -0.2) is 4.98 Å². The largest absolute Gasteiger partial charge is 0.392 e. The Balaban J connectivity index is 2.66. The maximum atomic E-state index is 9.00. The first-order valence-electron chi connectivity index (χ1n) is 4.81. The highest BCUT2D eigenvalue weighted by Crippen LogP contribution is 2.16. The third-order valence-corrected chi connectivity index (χ3v) is 2.54.